The molecule has 2 heterocycles. The summed E-state index contributed by atoms with van der Waals surface area (Å²) in [6.07, 6.45) is 2.11. The quantitative estimate of drug-likeness (QED) is 0.395. The van der Waals surface area contributed by atoms with Crippen molar-refractivity contribution in [2.24, 2.45) is 0 Å². The van der Waals surface area contributed by atoms with Crippen LogP contribution < -0.4 is 11.2 Å². The second-order valence-electron chi connectivity index (χ2n) is 7.79. The predicted octanol–water partition coefficient (Wildman–Crippen LogP) is 4.42. The zero-order valence-corrected chi connectivity index (χ0v) is 20.0. The lowest BCUT2D eigenvalue weighted by molar-refractivity contribution is -0.107. The van der Waals surface area contributed by atoms with Crippen molar-refractivity contribution in [1.29, 1.82) is 0 Å². The van der Waals surface area contributed by atoms with E-state index in [1.165, 1.54) is 11.3 Å². The molecule has 0 bridgehead atoms. The molecule has 0 fully saturated rings. The summed E-state index contributed by atoms with van der Waals surface area (Å²) in [6.45, 7) is 3.89. The fraction of sp³-hybridized carbons (Fsp3) is 0.174. The van der Waals surface area contributed by atoms with Crippen molar-refractivity contribution in [3.8, 4) is 16.9 Å². The van der Waals surface area contributed by atoms with Gasteiger partial charge in [-0.25, -0.2) is 9.78 Å². The number of nitrogens with zero attached hydrogens (tertiary/aromatic N) is 3. The predicted molar refractivity (Wildman–Crippen MR) is 130 cm³/mol. The SMILES string of the molecule is CC(C)(c1nc(-c2ccccc2)c(CC=O)s1)c1c(Cl)cc(-n2ncc(=O)[nH]c2=O)cc1Cl. The Hall–Kier alpha value is -3.07. The molecule has 10 heteroatoms. The number of hydrogen-bond donors (Lipinski definition) is 1. The van der Waals surface area contributed by atoms with E-state index in [4.69, 9.17) is 28.2 Å². The van der Waals surface area contributed by atoms with Gasteiger partial charge in [-0.05, 0) is 26.0 Å². The molecule has 0 radical (unpaired) electrons. The van der Waals surface area contributed by atoms with Gasteiger partial charge >= 0.3 is 5.69 Å². The highest BCUT2D eigenvalue weighted by atomic mass is 35.5. The first-order valence-electron chi connectivity index (χ1n) is 9.90. The molecule has 0 aliphatic heterocycles. The molecule has 0 saturated carbocycles. The Bertz CT molecular complexity index is 1440. The average molecular weight is 501 g/mol. The molecule has 4 aromatic rings. The van der Waals surface area contributed by atoms with Gasteiger partial charge in [-0.3, -0.25) is 9.78 Å². The van der Waals surface area contributed by atoms with Gasteiger partial charge in [-0.15, -0.1) is 11.3 Å². The number of rotatable bonds is 6. The van der Waals surface area contributed by atoms with Crippen molar-refractivity contribution in [2.75, 3.05) is 0 Å². The van der Waals surface area contributed by atoms with Gasteiger partial charge in [0.05, 0.1) is 11.4 Å². The molecule has 33 heavy (non-hydrogen) atoms. The number of halogens is 2. The van der Waals surface area contributed by atoms with Gasteiger partial charge in [0.2, 0.25) is 0 Å². The molecule has 0 saturated heterocycles. The maximum Gasteiger partial charge on any atom is 0.349 e. The van der Waals surface area contributed by atoms with Crippen molar-refractivity contribution < 1.29 is 4.79 Å². The van der Waals surface area contributed by atoms with Crippen molar-refractivity contribution >= 4 is 40.8 Å². The molecule has 0 spiro atoms. The van der Waals surface area contributed by atoms with Gasteiger partial charge in [0.25, 0.3) is 5.56 Å². The third kappa shape index (κ3) is 4.42. The van der Waals surface area contributed by atoms with E-state index < -0.39 is 16.7 Å². The van der Waals surface area contributed by atoms with E-state index >= 15 is 0 Å². The molecule has 2 aromatic heterocycles. The summed E-state index contributed by atoms with van der Waals surface area (Å²) in [5.41, 5.74) is 0.607. The highest BCUT2D eigenvalue weighted by Gasteiger charge is 2.33. The zero-order chi connectivity index (χ0) is 23.8. The van der Waals surface area contributed by atoms with Crippen LogP contribution in [-0.4, -0.2) is 26.0 Å². The molecule has 2 aromatic carbocycles. The number of H-pyrrole nitrogens is 1. The molecule has 0 amide bonds. The summed E-state index contributed by atoms with van der Waals surface area (Å²) in [6, 6.07) is 12.8. The standard InChI is InChI=1S/C23H18Cl2N4O3S/c1-23(2,21-28-20(17(33-21)8-9-30)13-6-4-3-5-7-13)19-15(24)10-14(11-16(19)25)29-22(32)27-18(31)12-26-29/h3-7,9-12H,8H2,1-2H3,(H,27,31,32). The van der Waals surface area contributed by atoms with Crippen LogP contribution >= 0.6 is 34.5 Å². The van der Waals surface area contributed by atoms with Crippen molar-refractivity contribution in [2.45, 2.75) is 25.7 Å². The van der Waals surface area contributed by atoms with Crippen LogP contribution in [-0.2, 0) is 16.6 Å². The van der Waals surface area contributed by atoms with Crippen molar-refractivity contribution in [1.82, 2.24) is 19.7 Å². The monoisotopic (exact) mass is 500 g/mol. The summed E-state index contributed by atoms with van der Waals surface area (Å²) in [5, 5.41) is 5.22. The maximum atomic E-state index is 12.1. The number of nitrogens with one attached hydrogen (secondary N) is 1. The van der Waals surface area contributed by atoms with Crippen LogP contribution in [0, 0.1) is 0 Å². The van der Waals surface area contributed by atoms with E-state index in [1.54, 1.807) is 12.1 Å². The lowest BCUT2D eigenvalue weighted by Gasteiger charge is -2.26. The van der Waals surface area contributed by atoms with Crippen molar-refractivity contribution in [3.63, 3.8) is 0 Å². The van der Waals surface area contributed by atoms with Crippen LogP contribution in [0.15, 0.2) is 58.3 Å². The molecule has 4 rings (SSSR count). The average Bonchev–Trinajstić information content (AvgIpc) is 3.19. The topological polar surface area (TPSA) is 97.7 Å². The molecule has 0 aliphatic rings. The summed E-state index contributed by atoms with van der Waals surface area (Å²) in [5.74, 6) is 0. The largest absolute Gasteiger partial charge is 0.349 e. The summed E-state index contributed by atoms with van der Waals surface area (Å²) < 4.78 is 1.01. The normalized spacial score (nSPS) is 11.5. The summed E-state index contributed by atoms with van der Waals surface area (Å²) in [7, 11) is 0. The molecule has 0 atom stereocenters. The Kier molecular flexibility index (Phi) is 6.34. The molecule has 0 unspecified atom stereocenters. The Labute approximate surface area is 202 Å². The van der Waals surface area contributed by atoms with Gasteiger partial charge in [0.15, 0.2) is 0 Å². The van der Waals surface area contributed by atoms with E-state index in [-0.39, 0.29) is 6.42 Å². The zero-order valence-electron chi connectivity index (χ0n) is 17.6. The number of carbonyl (C=O) groups is 1. The van der Waals surface area contributed by atoms with Gasteiger partial charge in [-0.1, -0.05) is 53.5 Å². The van der Waals surface area contributed by atoms with E-state index in [2.05, 4.69) is 10.1 Å². The molecular weight excluding hydrogens is 483 g/mol. The lowest BCUT2D eigenvalue weighted by atomic mass is 9.85. The van der Waals surface area contributed by atoms with Gasteiger partial charge in [0.1, 0.15) is 17.5 Å². The summed E-state index contributed by atoms with van der Waals surface area (Å²) >= 11 is 14.7. The Morgan fingerprint density at radius 2 is 1.79 bits per heavy atom. The lowest BCUT2D eigenvalue weighted by Crippen LogP contribution is -2.30. The minimum Gasteiger partial charge on any atom is -0.303 e. The maximum absolute atomic E-state index is 12.1. The molecule has 168 valence electrons. The molecule has 7 nitrogen and oxygen atoms in total. The smallest absolute Gasteiger partial charge is 0.303 e. The Morgan fingerprint density at radius 1 is 1.12 bits per heavy atom. The van der Waals surface area contributed by atoms with Crippen LogP contribution in [0.2, 0.25) is 10.0 Å². The minimum absolute atomic E-state index is 0.249. The minimum atomic E-state index is -0.703. The summed E-state index contributed by atoms with van der Waals surface area (Å²) in [4.78, 5) is 42.6. The first-order valence-corrected chi connectivity index (χ1v) is 11.5. The Balaban J connectivity index is 1.83. The fourth-order valence-corrected chi connectivity index (χ4v) is 5.66. The van der Waals surface area contributed by atoms with Crippen molar-refractivity contribution in [3.05, 3.63) is 95.0 Å². The second kappa shape index (κ2) is 9.05. The Morgan fingerprint density at radius 3 is 2.39 bits per heavy atom. The van der Waals surface area contributed by atoms with Crippen LogP contribution in [0.4, 0.5) is 0 Å². The second-order valence-corrected chi connectivity index (χ2v) is 9.69. The van der Waals surface area contributed by atoms with Gasteiger partial charge in [0, 0.05) is 37.9 Å². The fourth-order valence-electron chi connectivity index (χ4n) is 3.58. The van der Waals surface area contributed by atoms with Gasteiger partial charge in [-0.2, -0.15) is 9.78 Å². The molecule has 1 N–H and O–H groups in total. The number of aromatic amines is 1. The van der Waals surface area contributed by atoms with Crippen LogP contribution in [0.5, 0.6) is 0 Å². The number of thiazole rings is 1. The highest BCUT2D eigenvalue weighted by Crippen LogP contribution is 2.44. The van der Waals surface area contributed by atoms with E-state index in [9.17, 15) is 14.4 Å². The van der Waals surface area contributed by atoms with E-state index in [0.29, 0.717) is 21.3 Å². The highest BCUT2D eigenvalue weighted by molar-refractivity contribution is 7.12. The number of hydrogen-bond acceptors (Lipinski definition) is 6. The van der Waals surface area contributed by atoms with E-state index in [1.807, 2.05) is 44.2 Å². The number of carbonyl (C=O) groups excluding carboxylic acids is 1. The molecular formula is C23H18Cl2N4O3S. The van der Waals surface area contributed by atoms with Crippen LogP contribution in [0.3, 0.4) is 0 Å². The number of benzene rings is 2. The number of aromatic nitrogens is 4. The third-order valence-electron chi connectivity index (χ3n) is 5.16. The third-order valence-corrected chi connectivity index (χ3v) is 7.15. The first kappa shape index (κ1) is 23.1. The first-order chi connectivity index (χ1) is 15.7. The van der Waals surface area contributed by atoms with Crippen LogP contribution in [0.25, 0.3) is 16.9 Å². The van der Waals surface area contributed by atoms with Gasteiger partial charge < -0.3 is 4.79 Å². The molecule has 0 aliphatic carbocycles. The number of aldehydes is 1. The van der Waals surface area contributed by atoms with E-state index in [0.717, 1.165) is 38.3 Å². The van der Waals surface area contributed by atoms with Crippen LogP contribution in [0.1, 0.15) is 29.3 Å².